The summed E-state index contributed by atoms with van der Waals surface area (Å²) in [5.74, 6) is -0.432. The zero-order valence-corrected chi connectivity index (χ0v) is 21.9. The molecule has 0 radical (unpaired) electrons. The second-order valence-electron chi connectivity index (χ2n) is 9.23. The lowest BCUT2D eigenvalue weighted by Crippen LogP contribution is -2.39. The van der Waals surface area contributed by atoms with Crippen molar-refractivity contribution in [2.45, 2.75) is 32.2 Å². The van der Waals surface area contributed by atoms with Crippen LogP contribution in [0, 0.1) is 0 Å². The van der Waals surface area contributed by atoms with Gasteiger partial charge in [0, 0.05) is 24.4 Å². The van der Waals surface area contributed by atoms with Gasteiger partial charge < -0.3 is 19.9 Å². The van der Waals surface area contributed by atoms with Crippen molar-refractivity contribution in [2.75, 3.05) is 32.8 Å². The Hall–Kier alpha value is -3.36. The fraction of sp³-hybridized carbons (Fsp3) is 0.345. The summed E-state index contributed by atoms with van der Waals surface area (Å²) in [6.45, 7) is 5.79. The van der Waals surface area contributed by atoms with Crippen molar-refractivity contribution in [2.24, 2.45) is 4.99 Å². The number of thioether (sulfide) groups is 1. The van der Waals surface area contributed by atoms with Crippen molar-refractivity contribution in [3.05, 3.63) is 88.5 Å². The van der Waals surface area contributed by atoms with Gasteiger partial charge in [-0.05, 0) is 43.8 Å². The molecule has 7 nitrogen and oxygen atoms in total. The van der Waals surface area contributed by atoms with E-state index in [2.05, 4.69) is 10.2 Å². The Balaban J connectivity index is 1.46. The topological polar surface area (TPSA) is 74.2 Å². The number of hydrogen-bond donors (Lipinski definition) is 1. The van der Waals surface area contributed by atoms with Crippen LogP contribution in [0.2, 0.25) is 0 Å². The van der Waals surface area contributed by atoms with Crippen molar-refractivity contribution in [1.82, 2.24) is 15.1 Å². The van der Waals surface area contributed by atoms with Gasteiger partial charge in [0.25, 0.3) is 0 Å². The van der Waals surface area contributed by atoms with Crippen molar-refractivity contribution in [1.29, 1.82) is 0 Å². The minimum atomic E-state index is -0.457. The Labute approximate surface area is 222 Å². The smallest absolute Gasteiger partial charge is 0.338 e. The summed E-state index contributed by atoms with van der Waals surface area (Å²) in [6.07, 6.45) is 2.68. The number of amides is 1. The van der Waals surface area contributed by atoms with Crippen LogP contribution < -0.4 is 5.32 Å². The third-order valence-corrected chi connectivity index (χ3v) is 7.65. The van der Waals surface area contributed by atoms with E-state index in [0.717, 1.165) is 41.6 Å². The average Bonchev–Trinajstić information content (AvgIpc) is 3.59. The molecule has 1 saturated heterocycles. The summed E-state index contributed by atoms with van der Waals surface area (Å²) in [5.41, 5.74) is 3.70. The van der Waals surface area contributed by atoms with Gasteiger partial charge >= 0.3 is 5.97 Å². The van der Waals surface area contributed by atoms with Crippen molar-refractivity contribution in [3.63, 3.8) is 0 Å². The molecule has 0 spiro atoms. The first-order chi connectivity index (χ1) is 18.2. The highest BCUT2D eigenvalue weighted by atomic mass is 32.2. The van der Waals surface area contributed by atoms with Crippen LogP contribution in [-0.2, 0) is 14.3 Å². The van der Waals surface area contributed by atoms with E-state index < -0.39 is 12.0 Å². The zero-order valence-electron chi connectivity index (χ0n) is 21.1. The number of hydrogen-bond acceptors (Lipinski definition) is 7. The van der Waals surface area contributed by atoms with Gasteiger partial charge in [-0.3, -0.25) is 4.79 Å². The SMILES string of the molecule is CCOC(=O)C1=C(c2ccccc2)N=C2SC=C(CC(=O)NCCN3CCCC3)N2[C@@H]1c1ccccc1. The molecule has 1 amide bonds. The first-order valence-electron chi connectivity index (χ1n) is 12.9. The third-order valence-electron chi connectivity index (χ3n) is 6.76. The molecular formula is C29H32N4O3S. The number of nitrogens with one attached hydrogen (secondary N) is 1. The van der Waals surface area contributed by atoms with Crippen LogP contribution in [0.3, 0.4) is 0 Å². The summed E-state index contributed by atoms with van der Waals surface area (Å²) < 4.78 is 5.55. The van der Waals surface area contributed by atoms with Gasteiger partial charge in [-0.15, -0.1) is 0 Å². The van der Waals surface area contributed by atoms with Crippen LogP contribution in [0.15, 0.2) is 82.3 Å². The number of ether oxygens (including phenoxy) is 1. The third kappa shape index (κ3) is 5.65. The van der Waals surface area contributed by atoms with E-state index in [-0.39, 0.29) is 18.9 Å². The zero-order chi connectivity index (χ0) is 25.6. The van der Waals surface area contributed by atoms with Gasteiger partial charge in [-0.25, -0.2) is 9.79 Å². The predicted octanol–water partition coefficient (Wildman–Crippen LogP) is 4.56. The molecule has 0 unspecified atom stereocenters. The molecule has 0 bridgehead atoms. The van der Waals surface area contributed by atoms with Crippen LogP contribution in [0.5, 0.6) is 0 Å². The molecule has 1 fully saturated rings. The Morgan fingerprint density at radius 1 is 1.05 bits per heavy atom. The molecule has 0 aromatic heterocycles. The molecule has 1 N–H and O–H groups in total. The first-order valence-corrected chi connectivity index (χ1v) is 13.8. The molecule has 8 heteroatoms. The lowest BCUT2D eigenvalue weighted by Gasteiger charge is -2.36. The molecule has 0 saturated carbocycles. The van der Waals surface area contributed by atoms with Crippen molar-refractivity contribution < 1.29 is 14.3 Å². The van der Waals surface area contributed by atoms with Crippen LogP contribution in [0.4, 0.5) is 0 Å². The summed E-state index contributed by atoms with van der Waals surface area (Å²) >= 11 is 1.48. The van der Waals surface area contributed by atoms with Gasteiger partial charge in [-0.2, -0.15) is 0 Å². The predicted molar refractivity (Wildman–Crippen MR) is 147 cm³/mol. The molecule has 2 aromatic rings. The van der Waals surface area contributed by atoms with Gasteiger partial charge in [0.1, 0.15) is 0 Å². The van der Waals surface area contributed by atoms with Gasteiger partial charge in [0.15, 0.2) is 5.17 Å². The number of likely N-dealkylation sites (tertiary alicyclic amines) is 1. The van der Waals surface area contributed by atoms with Crippen molar-refractivity contribution >= 4 is 34.5 Å². The number of nitrogens with zero attached hydrogens (tertiary/aromatic N) is 3. The molecule has 5 rings (SSSR count). The number of aliphatic imine (C=N–C) groups is 1. The minimum absolute atomic E-state index is 0.0328. The molecule has 1 atom stereocenters. The molecular weight excluding hydrogens is 484 g/mol. The number of fused-ring (bicyclic) bond motifs is 1. The fourth-order valence-corrected chi connectivity index (χ4v) is 5.94. The van der Waals surface area contributed by atoms with Crippen molar-refractivity contribution in [3.8, 4) is 0 Å². The van der Waals surface area contributed by atoms with Gasteiger partial charge in [0.2, 0.25) is 5.91 Å². The summed E-state index contributed by atoms with van der Waals surface area (Å²) in [4.78, 5) is 35.8. The Kier molecular flexibility index (Phi) is 8.06. The van der Waals surface area contributed by atoms with E-state index in [1.165, 1.54) is 24.6 Å². The van der Waals surface area contributed by atoms with Crippen LogP contribution in [0.1, 0.15) is 43.4 Å². The second-order valence-corrected chi connectivity index (χ2v) is 10.1. The highest BCUT2D eigenvalue weighted by molar-refractivity contribution is 8.16. The lowest BCUT2D eigenvalue weighted by molar-refractivity contribution is -0.139. The van der Waals surface area contributed by atoms with E-state index in [4.69, 9.17) is 9.73 Å². The first kappa shape index (κ1) is 25.3. The normalized spacial score (nSPS) is 19.4. The number of esters is 1. The van der Waals surface area contributed by atoms with Gasteiger partial charge in [0.05, 0.1) is 30.3 Å². The van der Waals surface area contributed by atoms with E-state index in [0.29, 0.717) is 17.8 Å². The standard InChI is InChI=1S/C29H32N4O3S/c1-2-36-28(35)25-26(21-11-5-3-6-12-21)31-29-33(27(25)22-13-7-4-8-14-22)23(20-37-29)19-24(34)30-15-18-32-16-9-10-17-32/h3-8,11-14,20,27H,2,9-10,15-19H2,1H3,(H,30,34)/t27-/m1/s1. The highest BCUT2D eigenvalue weighted by Gasteiger charge is 2.42. The maximum atomic E-state index is 13.5. The number of carbonyl (C=O) groups excluding carboxylic acids is 2. The summed E-state index contributed by atoms with van der Waals surface area (Å²) in [5, 5.41) is 5.80. The lowest BCUT2D eigenvalue weighted by atomic mass is 9.91. The molecule has 3 aliphatic heterocycles. The monoisotopic (exact) mass is 516 g/mol. The maximum Gasteiger partial charge on any atom is 0.338 e. The highest BCUT2D eigenvalue weighted by Crippen LogP contribution is 2.46. The maximum absolute atomic E-state index is 13.5. The molecule has 37 heavy (non-hydrogen) atoms. The number of benzene rings is 2. The average molecular weight is 517 g/mol. The Bertz CT molecular complexity index is 1220. The van der Waals surface area contributed by atoms with E-state index in [1.807, 2.05) is 71.0 Å². The van der Waals surface area contributed by atoms with Gasteiger partial charge in [-0.1, -0.05) is 72.4 Å². The fourth-order valence-electron chi connectivity index (χ4n) is 5.03. The van der Waals surface area contributed by atoms with Crippen LogP contribution in [-0.4, -0.2) is 59.6 Å². The number of amidine groups is 1. The molecule has 2 aromatic carbocycles. The molecule has 192 valence electrons. The molecule has 3 heterocycles. The largest absolute Gasteiger partial charge is 0.463 e. The number of carbonyl (C=O) groups is 2. The second kappa shape index (κ2) is 11.8. The summed E-state index contributed by atoms with van der Waals surface area (Å²) in [7, 11) is 0. The Morgan fingerprint density at radius 3 is 2.46 bits per heavy atom. The molecule has 3 aliphatic rings. The Morgan fingerprint density at radius 2 is 1.76 bits per heavy atom. The summed E-state index contributed by atoms with van der Waals surface area (Å²) in [6, 6.07) is 19.2. The molecule has 0 aliphatic carbocycles. The van der Waals surface area contributed by atoms with E-state index in [9.17, 15) is 9.59 Å². The van der Waals surface area contributed by atoms with E-state index >= 15 is 0 Å². The minimum Gasteiger partial charge on any atom is -0.463 e. The quantitative estimate of drug-likeness (QED) is 0.493. The van der Waals surface area contributed by atoms with E-state index in [1.54, 1.807) is 6.92 Å². The van der Waals surface area contributed by atoms with Crippen LogP contribution in [0.25, 0.3) is 5.70 Å². The van der Waals surface area contributed by atoms with Crippen LogP contribution >= 0.6 is 11.8 Å². The number of rotatable bonds is 9.